The van der Waals surface area contributed by atoms with Crippen molar-refractivity contribution >= 4 is 50.7 Å². The lowest BCUT2D eigenvalue weighted by molar-refractivity contribution is -0.140. The van der Waals surface area contributed by atoms with Crippen LogP contribution in [0.2, 0.25) is 10.0 Å². The second-order valence-corrected chi connectivity index (χ2v) is 14.0. The smallest absolute Gasteiger partial charge is 0.264 e. The van der Waals surface area contributed by atoms with Gasteiger partial charge in [0.15, 0.2) is 0 Å². The lowest BCUT2D eigenvalue weighted by atomic mass is 10.0. The largest absolute Gasteiger partial charge is 0.354 e. The van der Waals surface area contributed by atoms with Crippen molar-refractivity contribution in [2.45, 2.75) is 44.7 Å². The third-order valence-electron chi connectivity index (χ3n) is 7.26. The molecule has 0 aromatic heterocycles. The standard InChI is InChI=1S/C35H37Cl2N3O4S/c1-25(2)22-38-35(42)33(21-27-9-5-4-6-10-27)39(23-28-11-7-8-12-32(28)37)34(41)24-40(30-17-13-26(3)14-18-30)45(43,44)31-19-15-29(36)16-20-31/h4-20,25,33H,21-24H2,1-3H3,(H,38,42)/t33-/m1/s1. The summed E-state index contributed by atoms with van der Waals surface area (Å²) in [4.78, 5) is 29.7. The Labute approximate surface area is 275 Å². The highest BCUT2D eigenvalue weighted by atomic mass is 35.5. The number of carbonyl (C=O) groups excluding carboxylic acids is 2. The molecule has 236 valence electrons. The van der Waals surface area contributed by atoms with E-state index >= 15 is 0 Å². The Hall–Kier alpha value is -3.85. The summed E-state index contributed by atoms with van der Waals surface area (Å²) in [6, 6.07) is 28.2. The number of nitrogens with one attached hydrogen (secondary N) is 1. The van der Waals surface area contributed by atoms with Gasteiger partial charge in [0.2, 0.25) is 11.8 Å². The SMILES string of the molecule is Cc1ccc(N(CC(=O)N(Cc2ccccc2Cl)[C@H](Cc2ccccc2)C(=O)NCC(C)C)S(=O)(=O)c2ccc(Cl)cc2)cc1. The Bertz CT molecular complexity index is 1700. The number of hydrogen-bond donors (Lipinski definition) is 1. The van der Waals surface area contributed by atoms with Crippen LogP contribution in [0.4, 0.5) is 5.69 Å². The molecular weight excluding hydrogens is 629 g/mol. The van der Waals surface area contributed by atoms with E-state index in [-0.39, 0.29) is 29.7 Å². The van der Waals surface area contributed by atoms with Crippen LogP contribution in [0.3, 0.4) is 0 Å². The Morgan fingerprint density at radius 2 is 1.44 bits per heavy atom. The topological polar surface area (TPSA) is 86.8 Å². The second kappa shape index (κ2) is 15.4. The fraction of sp³-hybridized carbons (Fsp3) is 0.257. The highest BCUT2D eigenvalue weighted by Crippen LogP contribution is 2.27. The van der Waals surface area contributed by atoms with Crippen molar-refractivity contribution in [3.63, 3.8) is 0 Å². The molecule has 0 bridgehead atoms. The van der Waals surface area contributed by atoms with Gasteiger partial charge in [-0.15, -0.1) is 0 Å². The van der Waals surface area contributed by atoms with Crippen LogP contribution in [0.25, 0.3) is 0 Å². The monoisotopic (exact) mass is 665 g/mol. The third kappa shape index (κ3) is 9.10. The predicted octanol–water partition coefficient (Wildman–Crippen LogP) is 6.91. The molecule has 0 heterocycles. The van der Waals surface area contributed by atoms with Crippen molar-refractivity contribution in [2.24, 2.45) is 5.92 Å². The van der Waals surface area contributed by atoms with Crippen LogP contribution in [-0.2, 0) is 32.6 Å². The average Bonchev–Trinajstić information content (AvgIpc) is 3.02. The van der Waals surface area contributed by atoms with Gasteiger partial charge >= 0.3 is 0 Å². The molecular formula is C35H37Cl2N3O4S. The van der Waals surface area contributed by atoms with E-state index < -0.39 is 28.5 Å². The van der Waals surface area contributed by atoms with Crippen molar-refractivity contribution < 1.29 is 18.0 Å². The first-order valence-electron chi connectivity index (χ1n) is 14.6. The summed E-state index contributed by atoms with van der Waals surface area (Å²) in [5.74, 6) is -0.718. The number of amides is 2. The van der Waals surface area contributed by atoms with Gasteiger partial charge in [0.05, 0.1) is 10.6 Å². The molecule has 0 fully saturated rings. The van der Waals surface area contributed by atoms with Gasteiger partial charge in [-0.1, -0.05) is 103 Å². The molecule has 4 rings (SSSR count). The Kier molecular flexibility index (Phi) is 11.7. The Morgan fingerprint density at radius 3 is 2.07 bits per heavy atom. The quantitative estimate of drug-likeness (QED) is 0.168. The lowest BCUT2D eigenvalue weighted by Gasteiger charge is -2.34. The van der Waals surface area contributed by atoms with Crippen LogP contribution in [0.5, 0.6) is 0 Å². The zero-order chi connectivity index (χ0) is 32.6. The Balaban J connectivity index is 1.80. The van der Waals surface area contributed by atoms with Crippen LogP contribution in [-0.4, -0.2) is 44.3 Å². The summed E-state index contributed by atoms with van der Waals surface area (Å²) >= 11 is 12.6. The van der Waals surface area contributed by atoms with Crippen LogP contribution in [0, 0.1) is 12.8 Å². The molecule has 0 radical (unpaired) electrons. The maximum atomic E-state index is 14.5. The minimum absolute atomic E-state index is 0.00612. The first-order chi connectivity index (χ1) is 21.5. The number of hydrogen-bond acceptors (Lipinski definition) is 4. The Morgan fingerprint density at radius 1 is 0.822 bits per heavy atom. The van der Waals surface area contributed by atoms with Crippen molar-refractivity contribution in [1.29, 1.82) is 0 Å². The number of halogens is 2. The molecule has 4 aromatic carbocycles. The van der Waals surface area contributed by atoms with E-state index in [1.165, 1.54) is 29.2 Å². The van der Waals surface area contributed by atoms with Crippen molar-refractivity contribution in [3.05, 3.63) is 130 Å². The minimum Gasteiger partial charge on any atom is -0.354 e. The first-order valence-corrected chi connectivity index (χ1v) is 16.8. The maximum Gasteiger partial charge on any atom is 0.264 e. The lowest BCUT2D eigenvalue weighted by Crippen LogP contribution is -2.53. The fourth-order valence-electron chi connectivity index (χ4n) is 4.76. The molecule has 0 saturated carbocycles. The number of rotatable bonds is 13. The molecule has 2 amide bonds. The van der Waals surface area contributed by atoms with Crippen molar-refractivity contribution in [3.8, 4) is 0 Å². The van der Waals surface area contributed by atoms with E-state index in [2.05, 4.69) is 5.32 Å². The summed E-state index contributed by atoms with van der Waals surface area (Å²) < 4.78 is 29.2. The zero-order valence-corrected chi connectivity index (χ0v) is 27.8. The second-order valence-electron chi connectivity index (χ2n) is 11.3. The van der Waals surface area contributed by atoms with Gasteiger partial charge < -0.3 is 10.2 Å². The average molecular weight is 667 g/mol. The van der Waals surface area contributed by atoms with Crippen LogP contribution in [0.15, 0.2) is 108 Å². The molecule has 7 nitrogen and oxygen atoms in total. The first kappa shape index (κ1) is 34.0. The third-order valence-corrected chi connectivity index (χ3v) is 9.67. The highest BCUT2D eigenvalue weighted by Gasteiger charge is 2.35. The van der Waals surface area contributed by atoms with Gasteiger partial charge in [0.1, 0.15) is 12.6 Å². The number of aryl methyl sites for hydroxylation is 1. The predicted molar refractivity (Wildman–Crippen MR) is 181 cm³/mol. The number of nitrogens with zero attached hydrogens (tertiary/aromatic N) is 2. The molecule has 10 heteroatoms. The molecule has 45 heavy (non-hydrogen) atoms. The van der Waals surface area contributed by atoms with Crippen LogP contribution < -0.4 is 9.62 Å². The van der Waals surface area contributed by atoms with Crippen molar-refractivity contribution in [2.75, 3.05) is 17.4 Å². The van der Waals surface area contributed by atoms with Gasteiger partial charge in [-0.2, -0.15) is 0 Å². The molecule has 0 aliphatic rings. The number of carbonyl (C=O) groups is 2. The van der Waals surface area contributed by atoms with Crippen LogP contribution in [0.1, 0.15) is 30.5 Å². The fourth-order valence-corrected chi connectivity index (χ4v) is 6.50. The molecule has 1 N–H and O–H groups in total. The van der Waals surface area contributed by atoms with Gasteiger partial charge in [-0.05, 0) is 66.4 Å². The summed E-state index contributed by atoms with van der Waals surface area (Å²) in [5, 5.41) is 3.80. The molecule has 4 aromatic rings. The van der Waals surface area contributed by atoms with E-state index in [0.717, 1.165) is 15.4 Å². The summed E-state index contributed by atoms with van der Waals surface area (Å²) in [6.07, 6.45) is 0.218. The van der Waals surface area contributed by atoms with E-state index in [0.29, 0.717) is 27.8 Å². The molecule has 0 aliphatic carbocycles. The van der Waals surface area contributed by atoms with Crippen molar-refractivity contribution in [1.82, 2.24) is 10.2 Å². The molecule has 0 saturated heterocycles. The van der Waals surface area contributed by atoms with E-state index in [1.54, 1.807) is 48.5 Å². The number of sulfonamides is 1. The van der Waals surface area contributed by atoms with E-state index in [1.807, 2.05) is 51.1 Å². The van der Waals surface area contributed by atoms with Gasteiger partial charge in [0, 0.05) is 29.6 Å². The molecule has 0 spiro atoms. The minimum atomic E-state index is -4.22. The summed E-state index contributed by atoms with van der Waals surface area (Å²) in [6.45, 7) is 5.72. The normalized spacial score (nSPS) is 12.0. The van der Waals surface area contributed by atoms with E-state index in [4.69, 9.17) is 23.2 Å². The van der Waals surface area contributed by atoms with Gasteiger partial charge in [-0.25, -0.2) is 8.42 Å². The van der Waals surface area contributed by atoms with E-state index in [9.17, 15) is 18.0 Å². The number of anilines is 1. The number of benzene rings is 4. The highest BCUT2D eigenvalue weighted by molar-refractivity contribution is 7.92. The van der Waals surface area contributed by atoms with Gasteiger partial charge in [0.25, 0.3) is 10.0 Å². The summed E-state index contributed by atoms with van der Waals surface area (Å²) in [7, 11) is -4.22. The molecule has 0 aliphatic heterocycles. The maximum absolute atomic E-state index is 14.5. The van der Waals surface area contributed by atoms with Gasteiger partial charge in [-0.3, -0.25) is 13.9 Å². The molecule has 0 unspecified atom stereocenters. The summed E-state index contributed by atoms with van der Waals surface area (Å²) in [5.41, 5.74) is 2.72. The van der Waals surface area contributed by atoms with Crippen LogP contribution >= 0.6 is 23.2 Å². The molecule has 1 atom stereocenters. The zero-order valence-electron chi connectivity index (χ0n) is 25.5.